The highest BCUT2D eigenvalue weighted by molar-refractivity contribution is 5.79. The van der Waals surface area contributed by atoms with Crippen LogP contribution in [0.3, 0.4) is 0 Å². The zero-order valence-electron chi connectivity index (χ0n) is 20.8. The van der Waals surface area contributed by atoms with Crippen molar-refractivity contribution in [2.45, 2.75) is 0 Å². The second-order valence-corrected chi connectivity index (χ2v) is 6.43. The summed E-state index contributed by atoms with van der Waals surface area (Å²) < 4.78 is 0. The van der Waals surface area contributed by atoms with Gasteiger partial charge in [0, 0.05) is 24.3 Å². The number of hydrogen-bond donors (Lipinski definition) is 12. The Morgan fingerprint density at radius 2 is 0.474 bits per heavy atom. The van der Waals surface area contributed by atoms with E-state index in [1.807, 2.05) is 0 Å². The van der Waals surface area contributed by atoms with Gasteiger partial charge in [0.1, 0.15) is 0 Å². The maximum Gasteiger partial charge on any atom is 0.327 e. The van der Waals surface area contributed by atoms with Gasteiger partial charge in [0.2, 0.25) is 0 Å². The molecule has 0 aliphatic carbocycles. The van der Waals surface area contributed by atoms with Crippen molar-refractivity contribution in [3.63, 3.8) is 0 Å². The summed E-state index contributed by atoms with van der Waals surface area (Å²) >= 11 is 0. The van der Waals surface area contributed by atoms with Crippen molar-refractivity contribution in [2.75, 3.05) is 52.9 Å². The summed E-state index contributed by atoms with van der Waals surface area (Å²) in [6.07, 6.45) is 3.33. The highest BCUT2D eigenvalue weighted by Crippen LogP contribution is 2.12. The van der Waals surface area contributed by atoms with Gasteiger partial charge in [-0.15, -0.1) is 0 Å². The van der Waals surface area contributed by atoms with E-state index >= 15 is 0 Å². The Bertz CT molecular complexity index is 525. The summed E-state index contributed by atoms with van der Waals surface area (Å²) in [6.45, 7) is 8.59. The zero-order chi connectivity index (χ0) is 31.8. The summed E-state index contributed by atoms with van der Waals surface area (Å²) in [5.41, 5.74) is -2.22. The van der Waals surface area contributed by atoms with Crippen molar-refractivity contribution < 1.29 is 80.5 Å². The summed E-state index contributed by atoms with van der Waals surface area (Å²) in [7, 11) is 0. The molecular weight excluding hydrogens is 520 g/mol. The number of carboxylic acid groups (broad SMARTS) is 4. The van der Waals surface area contributed by atoms with E-state index in [9.17, 15) is 19.2 Å². The van der Waals surface area contributed by atoms with Gasteiger partial charge in [-0.1, -0.05) is 26.3 Å². The highest BCUT2D eigenvalue weighted by Gasteiger charge is 2.27. The predicted octanol–water partition coefficient (Wildman–Crippen LogP) is -3.09. The third-order valence-corrected chi connectivity index (χ3v) is 3.38. The standard InChI is InChI=1S/2C5H12O4.4C3H4O2/c2*6-1-5(2-7,3-8)4-9;4*1-2-3(4)5/h2*6-9H,1-4H2;4*2H,1H2,(H,4,5). The second kappa shape index (κ2) is 33.5. The molecule has 38 heavy (non-hydrogen) atoms. The van der Waals surface area contributed by atoms with Crippen LogP contribution < -0.4 is 0 Å². The van der Waals surface area contributed by atoms with Crippen molar-refractivity contribution in [1.82, 2.24) is 0 Å². The van der Waals surface area contributed by atoms with Crippen molar-refractivity contribution >= 4 is 23.9 Å². The van der Waals surface area contributed by atoms with Crippen LogP contribution >= 0.6 is 0 Å². The fourth-order valence-corrected chi connectivity index (χ4v) is 0.600. The van der Waals surface area contributed by atoms with E-state index < -0.39 is 87.6 Å². The first kappa shape index (κ1) is 47.7. The largest absolute Gasteiger partial charge is 0.478 e. The molecule has 0 bridgehead atoms. The second-order valence-electron chi connectivity index (χ2n) is 6.43. The predicted molar refractivity (Wildman–Crippen MR) is 133 cm³/mol. The summed E-state index contributed by atoms with van der Waals surface area (Å²) in [6, 6.07) is 0. The van der Waals surface area contributed by atoms with Crippen LogP contribution in [-0.4, -0.2) is 138 Å². The number of hydrogen-bond acceptors (Lipinski definition) is 12. The number of carboxylic acids is 4. The third-order valence-electron chi connectivity index (χ3n) is 3.38. The molecule has 0 amide bonds. The molecule has 12 N–H and O–H groups in total. The van der Waals surface area contributed by atoms with Gasteiger partial charge < -0.3 is 61.3 Å². The lowest BCUT2D eigenvalue weighted by molar-refractivity contribution is -0.132. The van der Waals surface area contributed by atoms with Gasteiger partial charge in [-0.3, -0.25) is 0 Å². The van der Waals surface area contributed by atoms with Crippen LogP contribution in [0.2, 0.25) is 0 Å². The number of carbonyl (C=O) groups is 4. The van der Waals surface area contributed by atoms with Crippen LogP contribution in [0.5, 0.6) is 0 Å². The smallest absolute Gasteiger partial charge is 0.327 e. The summed E-state index contributed by atoms with van der Waals surface area (Å²) in [5, 5.41) is 98.4. The molecule has 0 heterocycles. The minimum Gasteiger partial charge on any atom is -0.478 e. The quantitative estimate of drug-likeness (QED) is 0.105. The fourth-order valence-electron chi connectivity index (χ4n) is 0.600. The van der Waals surface area contributed by atoms with E-state index in [0.717, 1.165) is 24.3 Å². The Balaban J connectivity index is -0.0000000829. The monoisotopic (exact) mass is 560 g/mol. The van der Waals surface area contributed by atoms with E-state index in [0.29, 0.717) is 0 Å². The third kappa shape index (κ3) is 39.7. The Kier molecular flexibility index (Phi) is 42.1. The van der Waals surface area contributed by atoms with E-state index in [2.05, 4.69) is 26.3 Å². The normalized spacial score (nSPS) is 9.05. The molecular formula is C22H40O16. The molecule has 0 aromatic rings. The minimum absolute atomic E-state index is 0.406. The van der Waals surface area contributed by atoms with Gasteiger partial charge in [-0.25, -0.2) is 19.2 Å². The summed E-state index contributed by atoms with van der Waals surface area (Å²) in [5.74, 6) is -3.93. The molecule has 0 aromatic carbocycles. The van der Waals surface area contributed by atoms with E-state index in [-0.39, 0.29) is 0 Å². The lowest BCUT2D eigenvalue weighted by Gasteiger charge is -2.23. The van der Waals surface area contributed by atoms with Crippen LogP contribution in [0.25, 0.3) is 0 Å². The molecule has 0 unspecified atom stereocenters. The Hall–Kier alpha value is -3.48. The molecule has 16 heteroatoms. The lowest BCUT2D eigenvalue weighted by Crippen LogP contribution is -2.37. The lowest BCUT2D eigenvalue weighted by atomic mass is 9.93. The van der Waals surface area contributed by atoms with Crippen LogP contribution in [0.1, 0.15) is 0 Å². The van der Waals surface area contributed by atoms with E-state index in [4.69, 9.17) is 61.3 Å². The zero-order valence-corrected chi connectivity index (χ0v) is 20.8. The van der Waals surface area contributed by atoms with Crippen molar-refractivity contribution in [3.05, 3.63) is 50.6 Å². The van der Waals surface area contributed by atoms with Crippen LogP contribution in [0.4, 0.5) is 0 Å². The van der Waals surface area contributed by atoms with Gasteiger partial charge in [0.25, 0.3) is 0 Å². The molecule has 0 rings (SSSR count). The Labute approximate surface area is 219 Å². The molecule has 0 aliphatic rings. The highest BCUT2D eigenvalue weighted by atomic mass is 16.4. The molecule has 224 valence electrons. The average Bonchev–Trinajstić information content (AvgIpc) is 2.93. The first-order valence-electron chi connectivity index (χ1n) is 9.86. The maximum absolute atomic E-state index is 9.25. The Morgan fingerprint density at radius 1 is 0.395 bits per heavy atom. The number of rotatable bonds is 12. The molecule has 0 radical (unpaired) electrons. The van der Waals surface area contributed by atoms with Gasteiger partial charge in [0.05, 0.1) is 63.7 Å². The first-order valence-corrected chi connectivity index (χ1v) is 9.86. The molecule has 0 aliphatic heterocycles. The van der Waals surface area contributed by atoms with Gasteiger partial charge in [-0.05, 0) is 0 Å². The van der Waals surface area contributed by atoms with Crippen LogP contribution in [0, 0.1) is 10.8 Å². The SMILES string of the molecule is C=CC(=O)O.C=CC(=O)O.C=CC(=O)O.C=CC(=O)O.OCC(CO)(CO)CO.OCC(CO)(CO)CO. The average molecular weight is 561 g/mol. The number of aliphatic hydroxyl groups excluding tert-OH is 8. The molecule has 0 spiro atoms. The molecule has 0 atom stereocenters. The number of aliphatic hydroxyl groups is 8. The van der Waals surface area contributed by atoms with Crippen LogP contribution in [0.15, 0.2) is 50.6 Å². The van der Waals surface area contributed by atoms with Crippen molar-refractivity contribution in [1.29, 1.82) is 0 Å². The molecule has 0 saturated carbocycles. The molecule has 0 fully saturated rings. The van der Waals surface area contributed by atoms with Crippen LogP contribution in [-0.2, 0) is 19.2 Å². The summed E-state index contributed by atoms with van der Waals surface area (Å²) in [4.78, 5) is 37.0. The van der Waals surface area contributed by atoms with Gasteiger partial charge in [-0.2, -0.15) is 0 Å². The van der Waals surface area contributed by atoms with E-state index in [1.54, 1.807) is 0 Å². The maximum atomic E-state index is 9.25. The molecule has 16 nitrogen and oxygen atoms in total. The van der Waals surface area contributed by atoms with Crippen molar-refractivity contribution in [2.24, 2.45) is 10.8 Å². The van der Waals surface area contributed by atoms with Gasteiger partial charge in [0.15, 0.2) is 0 Å². The first-order chi connectivity index (χ1) is 17.6. The molecule has 0 saturated heterocycles. The molecule has 0 aromatic heterocycles. The van der Waals surface area contributed by atoms with Crippen molar-refractivity contribution in [3.8, 4) is 0 Å². The van der Waals surface area contributed by atoms with Gasteiger partial charge >= 0.3 is 23.9 Å². The fraction of sp³-hybridized carbons (Fsp3) is 0.455. The topological polar surface area (TPSA) is 311 Å². The number of aliphatic carboxylic acids is 4. The minimum atomic E-state index is -1.11. The Morgan fingerprint density at radius 3 is 0.474 bits per heavy atom. The van der Waals surface area contributed by atoms with E-state index in [1.165, 1.54) is 0 Å².